The molecular weight excluding hydrogens is 220 g/mol. The zero-order valence-corrected chi connectivity index (χ0v) is 10.0. The van der Waals surface area contributed by atoms with Crippen molar-refractivity contribution in [2.45, 2.75) is 20.3 Å². The molecule has 17 heavy (non-hydrogen) atoms. The zero-order valence-electron chi connectivity index (χ0n) is 10.0. The normalized spacial score (nSPS) is 15.9. The Morgan fingerprint density at radius 2 is 2.24 bits per heavy atom. The molecule has 1 aromatic heterocycles. The van der Waals surface area contributed by atoms with Crippen LogP contribution in [0.25, 0.3) is 0 Å². The van der Waals surface area contributed by atoms with Gasteiger partial charge in [0.2, 0.25) is 11.8 Å². The average Bonchev–Trinajstić information content (AvgIpc) is 2.61. The lowest BCUT2D eigenvalue weighted by atomic mass is 10.1. The molecule has 0 aromatic carbocycles. The van der Waals surface area contributed by atoms with Crippen LogP contribution in [0.5, 0.6) is 0 Å². The van der Waals surface area contributed by atoms with Crippen molar-refractivity contribution in [3.05, 3.63) is 17.0 Å². The summed E-state index contributed by atoms with van der Waals surface area (Å²) in [6.45, 7) is 5.05. The number of rotatable bonds is 2. The summed E-state index contributed by atoms with van der Waals surface area (Å²) in [5, 5.41) is 9.61. The number of carbonyl (C=O) groups excluding carboxylic acids is 2. The van der Waals surface area contributed by atoms with E-state index in [0.717, 1.165) is 17.0 Å². The number of nitrogens with zero attached hydrogens (tertiary/aromatic N) is 2. The fourth-order valence-electron chi connectivity index (χ4n) is 1.95. The van der Waals surface area contributed by atoms with E-state index in [1.54, 1.807) is 4.90 Å². The van der Waals surface area contributed by atoms with Crippen molar-refractivity contribution < 1.29 is 9.59 Å². The molecule has 2 amide bonds. The molecule has 0 bridgehead atoms. The van der Waals surface area contributed by atoms with Crippen LogP contribution in [0.1, 0.15) is 17.0 Å². The second kappa shape index (κ2) is 4.57. The zero-order chi connectivity index (χ0) is 12.4. The number of H-pyrrole nitrogens is 1. The molecule has 0 radical (unpaired) electrons. The van der Waals surface area contributed by atoms with Gasteiger partial charge in [-0.15, -0.1) is 0 Å². The lowest BCUT2D eigenvalue weighted by molar-refractivity contribution is -0.137. The van der Waals surface area contributed by atoms with Gasteiger partial charge in [0.25, 0.3) is 0 Å². The van der Waals surface area contributed by atoms with E-state index in [1.807, 2.05) is 13.8 Å². The molecule has 6 nitrogen and oxygen atoms in total. The quantitative estimate of drug-likeness (QED) is 0.728. The first-order valence-electron chi connectivity index (χ1n) is 5.63. The van der Waals surface area contributed by atoms with E-state index >= 15 is 0 Å². The van der Waals surface area contributed by atoms with Gasteiger partial charge in [-0.2, -0.15) is 5.10 Å². The van der Waals surface area contributed by atoms with Crippen LogP contribution in [0.3, 0.4) is 0 Å². The van der Waals surface area contributed by atoms with Crippen LogP contribution in [0, 0.1) is 13.8 Å². The fourth-order valence-corrected chi connectivity index (χ4v) is 1.95. The first-order valence-corrected chi connectivity index (χ1v) is 5.63. The summed E-state index contributed by atoms with van der Waals surface area (Å²) in [6.07, 6.45) is 0.307. The first-order chi connectivity index (χ1) is 8.08. The highest BCUT2D eigenvalue weighted by Gasteiger charge is 2.22. The predicted molar refractivity (Wildman–Crippen MR) is 61.4 cm³/mol. The average molecular weight is 236 g/mol. The summed E-state index contributed by atoms with van der Waals surface area (Å²) in [7, 11) is 0. The largest absolute Gasteiger partial charge is 0.353 e. The van der Waals surface area contributed by atoms with Crippen LogP contribution >= 0.6 is 0 Å². The third kappa shape index (κ3) is 2.46. The summed E-state index contributed by atoms with van der Waals surface area (Å²) >= 11 is 0. The van der Waals surface area contributed by atoms with E-state index in [0.29, 0.717) is 19.5 Å². The molecular formula is C11H16N4O2. The predicted octanol–water partition coefficient (Wildman–Crippen LogP) is -0.473. The second-order valence-corrected chi connectivity index (χ2v) is 4.25. The van der Waals surface area contributed by atoms with Gasteiger partial charge < -0.3 is 10.2 Å². The molecule has 1 aromatic rings. The van der Waals surface area contributed by atoms with E-state index in [1.165, 1.54) is 0 Å². The maximum Gasteiger partial charge on any atom is 0.239 e. The van der Waals surface area contributed by atoms with Crippen LogP contribution in [-0.4, -0.2) is 46.5 Å². The van der Waals surface area contributed by atoms with Crippen molar-refractivity contribution in [2.24, 2.45) is 0 Å². The van der Waals surface area contributed by atoms with Crippen molar-refractivity contribution in [2.75, 3.05) is 19.6 Å². The van der Waals surface area contributed by atoms with Gasteiger partial charge in [-0.25, -0.2) is 0 Å². The van der Waals surface area contributed by atoms with E-state index < -0.39 is 0 Å². The minimum Gasteiger partial charge on any atom is -0.353 e. The van der Waals surface area contributed by atoms with Crippen LogP contribution in [0.15, 0.2) is 0 Å². The summed E-state index contributed by atoms with van der Waals surface area (Å²) < 4.78 is 0. The second-order valence-electron chi connectivity index (χ2n) is 4.25. The lowest BCUT2D eigenvalue weighted by Crippen LogP contribution is -2.50. The van der Waals surface area contributed by atoms with Crippen molar-refractivity contribution >= 4 is 11.8 Å². The van der Waals surface area contributed by atoms with Crippen LogP contribution in [0.4, 0.5) is 0 Å². The smallest absolute Gasteiger partial charge is 0.239 e. The number of aryl methyl sites for hydroxylation is 2. The molecule has 2 N–H and O–H groups in total. The Kier molecular flexibility index (Phi) is 3.12. The molecule has 0 unspecified atom stereocenters. The Hall–Kier alpha value is -1.85. The summed E-state index contributed by atoms with van der Waals surface area (Å²) in [5.41, 5.74) is 2.69. The number of piperazine rings is 1. The Bertz CT molecular complexity index is 433. The monoisotopic (exact) mass is 236 g/mol. The summed E-state index contributed by atoms with van der Waals surface area (Å²) in [5.74, 6) is -0.113. The van der Waals surface area contributed by atoms with E-state index in [-0.39, 0.29) is 18.4 Å². The van der Waals surface area contributed by atoms with Crippen LogP contribution in [0.2, 0.25) is 0 Å². The van der Waals surface area contributed by atoms with Gasteiger partial charge in [0.15, 0.2) is 0 Å². The molecule has 2 rings (SSSR count). The fraction of sp³-hybridized carbons (Fsp3) is 0.545. The Morgan fingerprint density at radius 3 is 2.82 bits per heavy atom. The number of aromatic nitrogens is 2. The van der Waals surface area contributed by atoms with E-state index in [4.69, 9.17) is 0 Å². The number of carbonyl (C=O) groups is 2. The van der Waals surface area contributed by atoms with E-state index in [9.17, 15) is 9.59 Å². The summed E-state index contributed by atoms with van der Waals surface area (Å²) in [6, 6.07) is 0. The van der Waals surface area contributed by atoms with E-state index in [2.05, 4.69) is 15.5 Å². The molecule has 1 aliphatic heterocycles. The molecule has 0 spiro atoms. The third-order valence-electron chi connectivity index (χ3n) is 3.00. The van der Waals surface area contributed by atoms with Gasteiger partial charge in [0, 0.05) is 24.3 Å². The van der Waals surface area contributed by atoms with Gasteiger partial charge in [-0.3, -0.25) is 14.7 Å². The molecule has 0 atom stereocenters. The highest BCUT2D eigenvalue weighted by atomic mass is 16.2. The number of aromatic amines is 1. The Balaban J connectivity index is 2.04. The van der Waals surface area contributed by atoms with Crippen LogP contribution < -0.4 is 5.32 Å². The third-order valence-corrected chi connectivity index (χ3v) is 3.00. The minimum absolute atomic E-state index is 0.0209. The number of hydrogen-bond acceptors (Lipinski definition) is 3. The Morgan fingerprint density at radius 1 is 1.47 bits per heavy atom. The molecule has 1 aliphatic rings. The van der Waals surface area contributed by atoms with Gasteiger partial charge in [0.1, 0.15) is 0 Å². The number of amides is 2. The van der Waals surface area contributed by atoms with Gasteiger partial charge in [-0.05, 0) is 13.8 Å². The molecule has 92 valence electrons. The van der Waals surface area contributed by atoms with Crippen molar-refractivity contribution in [1.29, 1.82) is 0 Å². The number of nitrogens with one attached hydrogen (secondary N) is 2. The standard InChI is InChI=1S/C11H16N4O2/c1-7-9(8(2)14-13-7)5-11(17)15-4-3-12-10(16)6-15/h3-6H2,1-2H3,(H,12,16)(H,13,14). The lowest BCUT2D eigenvalue weighted by Gasteiger charge is -2.26. The van der Waals surface area contributed by atoms with Crippen LogP contribution in [-0.2, 0) is 16.0 Å². The first kappa shape index (κ1) is 11.6. The molecule has 6 heteroatoms. The van der Waals surface area contributed by atoms with Gasteiger partial charge >= 0.3 is 0 Å². The molecule has 1 fully saturated rings. The SMILES string of the molecule is Cc1n[nH]c(C)c1CC(=O)N1CCNC(=O)C1. The molecule has 0 aliphatic carbocycles. The number of hydrogen-bond donors (Lipinski definition) is 2. The van der Waals surface area contributed by atoms with Gasteiger partial charge in [-0.1, -0.05) is 0 Å². The highest BCUT2D eigenvalue weighted by molar-refractivity contribution is 5.87. The van der Waals surface area contributed by atoms with Crippen molar-refractivity contribution in [3.8, 4) is 0 Å². The maximum atomic E-state index is 12.0. The highest BCUT2D eigenvalue weighted by Crippen LogP contribution is 2.11. The van der Waals surface area contributed by atoms with Crippen molar-refractivity contribution in [3.63, 3.8) is 0 Å². The molecule has 0 saturated carbocycles. The molecule has 1 saturated heterocycles. The summed E-state index contributed by atoms with van der Waals surface area (Å²) in [4.78, 5) is 24.8. The maximum absolute atomic E-state index is 12.0. The Labute approximate surface area is 99.4 Å². The topological polar surface area (TPSA) is 78.1 Å². The van der Waals surface area contributed by atoms with Crippen molar-refractivity contribution in [1.82, 2.24) is 20.4 Å². The van der Waals surface area contributed by atoms with Gasteiger partial charge in [0.05, 0.1) is 18.7 Å². The molecule has 2 heterocycles. The minimum atomic E-state index is -0.0924.